The van der Waals surface area contributed by atoms with Gasteiger partial charge in [0.15, 0.2) is 5.76 Å². The van der Waals surface area contributed by atoms with Crippen molar-refractivity contribution in [2.75, 3.05) is 0 Å². The Morgan fingerprint density at radius 3 is 2.30 bits per heavy atom. The summed E-state index contributed by atoms with van der Waals surface area (Å²) in [5, 5.41) is 0. The van der Waals surface area contributed by atoms with Crippen molar-refractivity contribution in [2.24, 2.45) is 0 Å². The maximum Gasteiger partial charge on any atom is 0.352 e. The maximum absolute atomic E-state index is 12.4. The normalized spacial score (nSPS) is 12.0. The van der Waals surface area contributed by atoms with Crippen LogP contribution < -0.4 is 0 Å². The molecule has 0 aromatic carbocycles. The Kier molecular flexibility index (Phi) is 1.98. The third-order valence-corrected chi connectivity index (χ3v) is 1.55. The average Bonchev–Trinajstić information content (AvgIpc) is 2.11. The number of halogens is 3. The average molecular weight is 258 g/mol. The van der Waals surface area contributed by atoms with Crippen molar-refractivity contribution in [1.29, 1.82) is 0 Å². The second-order valence-electron chi connectivity index (χ2n) is 1.91. The van der Waals surface area contributed by atoms with Gasteiger partial charge in [-0.15, -0.1) is 0 Å². The third kappa shape index (κ3) is 1.68. The fourth-order valence-electron chi connectivity index (χ4n) is 0.587. The number of hydrogen-bond donors (Lipinski definition) is 0. The minimum absolute atomic E-state index is 0.286. The van der Waals surface area contributed by atoms with E-state index in [4.69, 9.17) is 4.42 Å². The molecular formula is C6H5F2IO. The number of furan rings is 1. The third-order valence-electron chi connectivity index (χ3n) is 1.02. The molecule has 0 saturated heterocycles. The van der Waals surface area contributed by atoms with Crippen molar-refractivity contribution in [2.45, 2.75) is 10.9 Å². The van der Waals surface area contributed by atoms with Crippen LogP contribution in [0.25, 0.3) is 0 Å². The number of aryl methyl sites for hydroxylation is 1. The van der Waals surface area contributed by atoms with Crippen molar-refractivity contribution < 1.29 is 13.2 Å². The summed E-state index contributed by atoms with van der Waals surface area (Å²) in [5.41, 5.74) is 0. The SMILES string of the molecule is Cc1ccc(C(F)(F)I)o1. The van der Waals surface area contributed by atoms with E-state index in [2.05, 4.69) is 0 Å². The lowest BCUT2D eigenvalue weighted by atomic mass is 10.4. The minimum Gasteiger partial charge on any atom is -0.459 e. The second kappa shape index (κ2) is 2.48. The van der Waals surface area contributed by atoms with Crippen LogP contribution in [-0.2, 0) is 3.93 Å². The summed E-state index contributed by atoms with van der Waals surface area (Å²) in [5.74, 6) is 0.219. The van der Waals surface area contributed by atoms with E-state index in [9.17, 15) is 8.78 Å². The highest BCUT2D eigenvalue weighted by atomic mass is 127. The van der Waals surface area contributed by atoms with Gasteiger partial charge in [-0.25, -0.2) is 0 Å². The van der Waals surface area contributed by atoms with Gasteiger partial charge < -0.3 is 4.42 Å². The predicted octanol–water partition coefficient (Wildman–Crippen LogP) is 3.07. The van der Waals surface area contributed by atoms with Gasteiger partial charge in [-0.1, -0.05) is 0 Å². The summed E-state index contributed by atoms with van der Waals surface area (Å²) in [7, 11) is 0. The van der Waals surface area contributed by atoms with E-state index < -0.39 is 3.93 Å². The fourth-order valence-corrected chi connectivity index (χ4v) is 0.877. The molecule has 0 spiro atoms. The zero-order chi connectivity index (χ0) is 7.78. The van der Waals surface area contributed by atoms with Crippen molar-refractivity contribution in [3.8, 4) is 0 Å². The summed E-state index contributed by atoms with van der Waals surface area (Å²) >= 11 is 1.03. The molecule has 0 fully saturated rings. The molecule has 0 atom stereocenters. The Bertz CT molecular complexity index is 226. The van der Waals surface area contributed by atoms with Crippen LogP contribution in [0.5, 0.6) is 0 Å². The molecule has 1 aromatic rings. The van der Waals surface area contributed by atoms with E-state index in [0.29, 0.717) is 5.76 Å². The van der Waals surface area contributed by atoms with Crippen LogP contribution in [0.4, 0.5) is 8.78 Å². The Morgan fingerprint density at radius 2 is 2.10 bits per heavy atom. The van der Waals surface area contributed by atoms with Crippen molar-refractivity contribution in [1.82, 2.24) is 0 Å². The number of alkyl halides is 3. The van der Waals surface area contributed by atoms with Crippen molar-refractivity contribution >= 4 is 22.6 Å². The van der Waals surface area contributed by atoms with Gasteiger partial charge in [0.05, 0.1) is 0 Å². The van der Waals surface area contributed by atoms with Gasteiger partial charge in [-0.3, -0.25) is 0 Å². The molecule has 56 valence electrons. The molecule has 10 heavy (non-hydrogen) atoms. The summed E-state index contributed by atoms with van der Waals surface area (Å²) < 4.78 is 26.5. The van der Waals surface area contributed by atoms with Crippen LogP contribution in [0.2, 0.25) is 0 Å². The number of rotatable bonds is 1. The van der Waals surface area contributed by atoms with Crippen molar-refractivity contribution in [3.63, 3.8) is 0 Å². The quantitative estimate of drug-likeness (QED) is 0.557. The first-order chi connectivity index (χ1) is 4.50. The van der Waals surface area contributed by atoms with Crippen LogP contribution in [-0.4, -0.2) is 0 Å². The molecule has 0 N–H and O–H groups in total. The lowest BCUT2D eigenvalue weighted by molar-refractivity contribution is 0.0978. The van der Waals surface area contributed by atoms with E-state index >= 15 is 0 Å². The molecule has 0 unspecified atom stereocenters. The molecule has 0 aliphatic carbocycles. The molecule has 1 nitrogen and oxygen atoms in total. The standard InChI is InChI=1S/C6H5F2IO/c1-4-2-3-5(10-4)6(7,8)9/h2-3H,1H3. The predicted molar refractivity (Wildman–Crippen MR) is 41.4 cm³/mol. The highest BCUT2D eigenvalue weighted by Gasteiger charge is 2.30. The fraction of sp³-hybridized carbons (Fsp3) is 0.333. The Morgan fingerprint density at radius 1 is 1.50 bits per heavy atom. The molecule has 0 saturated carbocycles. The Hall–Kier alpha value is -0.130. The van der Waals surface area contributed by atoms with Crippen LogP contribution in [0.15, 0.2) is 16.5 Å². The first kappa shape index (κ1) is 7.97. The molecule has 1 aromatic heterocycles. The van der Waals surface area contributed by atoms with Gasteiger partial charge in [0, 0.05) is 22.6 Å². The minimum atomic E-state index is -2.88. The first-order valence-electron chi connectivity index (χ1n) is 2.64. The Balaban J connectivity index is 2.96. The van der Waals surface area contributed by atoms with E-state index in [1.54, 1.807) is 6.92 Å². The van der Waals surface area contributed by atoms with Gasteiger partial charge in [0.1, 0.15) is 5.76 Å². The molecule has 0 aliphatic heterocycles. The lowest BCUT2D eigenvalue weighted by Gasteiger charge is -2.01. The van der Waals surface area contributed by atoms with Crippen LogP contribution in [0, 0.1) is 6.92 Å². The van der Waals surface area contributed by atoms with Gasteiger partial charge in [-0.2, -0.15) is 8.78 Å². The molecule has 4 heteroatoms. The van der Waals surface area contributed by atoms with Gasteiger partial charge >= 0.3 is 3.93 Å². The highest BCUT2D eigenvalue weighted by molar-refractivity contribution is 14.1. The van der Waals surface area contributed by atoms with Gasteiger partial charge in [-0.05, 0) is 19.1 Å². The summed E-state index contributed by atoms with van der Waals surface area (Å²) in [6.07, 6.45) is 0. The van der Waals surface area contributed by atoms with E-state index in [1.807, 2.05) is 0 Å². The van der Waals surface area contributed by atoms with Crippen LogP contribution in [0.1, 0.15) is 11.5 Å². The first-order valence-corrected chi connectivity index (χ1v) is 3.71. The van der Waals surface area contributed by atoms with E-state index in [0.717, 1.165) is 22.6 Å². The monoisotopic (exact) mass is 258 g/mol. The zero-order valence-electron chi connectivity index (χ0n) is 5.20. The largest absolute Gasteiger partial charge is 0.459 e. The maximum atomic E-state index is 12.4. The van der Waals surface area contributed by atoms with Gasteiger partial charge in [0.25, 0.3) is 0 Å². The van der Waals surface area contributed by atoms with Crippen molar-refractivity contribution in [3.05, 3.63) is 23.7 Å². The molecule has 0 radical (unpaired) electrons. The van der Waals surface area contributed by atoms with Crippen LogP contribution >= 0.6 is 22.6 Å². The molecule has 1 rings (SSSR count). The number of hydrogen-bond acceptors (Lipinski definition) is 1. The van der Waals surface area contributed by atoms with Crippen LogP contribution in [0.3, 0.4) is 0 Å². The van der Waals surface area contributed by atoms with E-state index in [-0.39, 0.29) is 5.76 Å². The highest BCUT2D eigenvalue weighted by Crippen LogP contribution is 2.35. The topological polar surface area (TPSA) is 13.1 Å². The molecule has 0 aliphatic rings. The molecule has 1 heterocycles. The zero-order valence-corrected chi connectivity index (χ0v) is 7.35. The molecule has 0 bridgehead atoms. The second-order valence-corrected chi connectivity index (χ2v) is 3.26. The summed E-state index contributed by atoms with van der Waals surface area (Å²) in [6.45, 7) is 1.63. The lowest BCUT2D eigenvalue weighted by Crippen LogP contribution is -1.98. The van der Waals surface area contributed by atoms with Gasteiger partial charge in [0.2, 0.25) is 0 Å². The molecular weight excluding hydrogens is 253 g/mol. The summed E-state index contributed by atoms with van der Waals surface area (Å²) in [4.78, 5) is 0. The Labute approximate surface area is 70.5 Å². The molecule has 0 amide bonds. The summed E-state index contributed by atoms with van der Waals surface area (Å²) in [6, 6.07) is 2.80. The van der Waals surface area contributed by atoms with E-state index in [1.165, 1.54) is 12.1 Å². The smallest absolute Gasteiger partial charge is 0.352 e.